The van der Waals surface area contributed by atoms with Gasteiger partial charge in [-0.25, -0.2) is 0 Å². The van der Waals surface area contributed by atoms with Crippen molar-refractivity contribution in [2.75, 3.05) is 44.3 Å². The summed E-state index contributed by atoms with van der Waals surface area (Å²) in [5.41, 5.74) is 11.6. The number of aromatic nitrogens is 2. The van der Waals surface area contributed by atoms with Crippen LogP contribution in [0, 0.1) is 0 Å². The van der Waals surface area contributed by atoms with Crippen LogP contribution in [0.3, 0.4) is 0 Å². The van der Waals surface area contributed by atoms with Crippen molar-refractivity contribution >= 4 is 23.6 Å². The monoisotopic (exact) mass is 392 g/mol. The molecule has 1 atom stereocenters. The lowest BCUT2D eigenvalue weighted by Crippen LogP contribution is -2.49. The number of nitrogen functional groups attached to an aromatic ring is 2. The minimum absolute atomic E-state index is 0.0319. The Kier molecular flexibility index (Phi) is 6.18. The minimum Gasteiger partial charge on any atom is -0.466 e. The number of nitrogens with one attached hydrogen (secondary N) is 1. The van der Waals surface area contributed by atoms with Crippen LogP contribution >= 0.6 is 0 Å². The molecule has 0 aliphatic carbocycles. The maximum atomic E-state index is 12.7. The van der Waals surface area contributed by atoms with Crippen LogP contribution in [-0.2, 0) is 20.7 Å². The molecule has 1 aromatic heterocycles. The summed E-state index contributed by atoms with van der Waals surface area (Å²) in [6.45, 7) is 3.88. The highest BCUT2D eigenvalue weighted by Crippen LogP contribution is 2.38. The molecule has 10 nitrogen and oxygen atoms in total. The van der Waals surface area contributed by atoms with E-state index in [0.717, 1.165) is 19.3 Å². The van der Waals surface area contributed by atoms with E-state index in [0.29, 0.717) is 63.0 Å². The van der Waals surface area contributed by atoms with E-state index in [1.54, 1.807) is 4.90 Å². The Labute approximate surface area is 164 Å². The van der Waals surface area contributed by atoms with E-state index in [1.807, 2.05) is 0 Å². The molecular weight excluding hydrogens is 364 g/mol. The first-order valence-electron chi connectivity index (χ1n) is 9.59. The van der Waals surface area contributed by atoms with E-state index in [-0.39, 0.29) is 17.8 Å². The normalized spacial score (nSPS) is 21.1. The predicted molar refractivity (Wildman–Crippen MR) is 102 cm³/mol. The van der Waals surface area contributed by atoms with E-state index >= 15 is 0 Å². The van der Waals surface area contributed by atoms with Gasteiger partial charge in [0.2, 0.25) is 23.6 Å². The molecule has 1 spiro atoms. The zero-order valence-electron chi connectivity index (χ0n) is 16.2. The third-order valence-corrected chi connectivity index (χ3v) is 4.97. The molecule has 2 amide bonds. The highest BCUT2D eigenvalue weighted by molar-refractivity contribution is 5.76. The Morgan fingerprint density at radius 1 is 1.25 bits per heavy atom. The van der Waals surface area contributed by atoms with Crippen molar-refractivity contribution in [1.29, 1.82) is 0 Å². The molecule has 1 fully saturated rings. The Morgan fingerprint density at radius 2 is 2.07 bits per heavy atom. The molecule has 0 unspecified atom stereocenters. The maximum Gasteiger partial charge on any atom is 0.225 e. The molecule has 0 radical (unpaired) electrons. The number of carbonyl (C=O) groups excluding carboxylic acids is 2. The van der Waals surface area contributed by atoms with Crippen molar-refractivity contribution in [3.8, 4) is 5.88 Å². The highest BCUT2D eigenvalue weighted by Gasteiger charge is 2.45. The number of unbranched alkanes of at least 4 members (excludes halogenated alkanes) is 2. The number of carbonyl (C=O) groups is 2. The average Bonchev–Trinajstić information content (AvgIpc) is 2.85. The van der Waals surface area contributed by atoms with Gasteiger partial charge in [0.25, 0.3) is 0 Å². The Hall–Kier alpha value is -2.62. The first kappa shape index (κ1) is 20.1. The predicted octanol–water partition coefficient (Wildman–Crippen LogP) is -0.130. The topological polar surface area (TPSA) is 146 Å². The molecule has 0 saturated carbocycles. The van der Waals surface area contributed by atoms with E-state index < -0.39 is 5.60 Å². The van der Waals surface area contributed by atoms with Crippen LogP contribution in [0.25, 0.3) is 0 Å². The molecular formula is C18H28N6O4. The maximum absolute atomic E-state index is 12.7. The molecule has 2 aliphatic rings. The molecule has 0 aromatic carbocycles. The third-order valence-electron chi connectivity index (χ3n) is 4.97. The summed E-state index contributed by atoms with van der Waals surface area (Å²) >= 11 is 0. The van der Waals surface area contributed by atoms with Crippen LogP contribution in [-0.4, -0.2) is 65.1 Å². The van der Waals surface area contributed by atoms with Gasteiger partial charge in [-0.2, -0.15) is 9.97 Å². The molecule has 2 aliphatic heterocycles. The fourth-order valence-corrected chi connectivity index (χ4v) is 3.60. The summed E-state index contributed by atoms with van der Waals surface area (Å²) in [5.74, 6) is 0.787. The summed E-state index contributed by atoms with van der Waals surface area (Å²) in [6.07, 6.45) is 3.46. The lowest BCUT2D eigenvalue weighted by molar-refractivity contribution is -0.133. The van der Waals surface area contributed by atoms with Crippen LogP contribution in [0.4, 0.5) is 11.8 Å². The lowest BCUT2D eigenvalue weighted by Gasteiger charge is -2.31. The van der Waals surface area contributed by atoms with Gasteiger partial charge in [0.15, 0.2) is 5.60 Å². The van der Waals surface area contributed by atoms with Gasteiger partial charge in [-0.15, -0.1) is 0 Å². The number of hydrogen-bond acceptors (Lipinski definition) is 8. The molecule has 1 saturated heterocycles. The van der Waals surface area contributed by atoms with E-state index in [1.165, 1.54) is 6.92 Å². The third kappa shape index (κ3) is 4.80. The number of ether oxygens (including phenoxy) is 2. The van der Waals surface area contributed by atoms with Crippen molar-refractivity contribution < 1.29 is 19.1 Å². The summed E-state index contributed by atoms with van der Waals surface area (Å²) < 4.78 is 11.8. The van der Waals surface area contributed by atoms with Crippen LogP contribution in [0.15, 0.2) is 0 Å². The summed E-state index contributed by atoms with van der Waals surface area (Å²) in [7, 11) is 0. The van der Waals surface area contributed by atoms with Crippen molar-refractivity contribution in [2.24, 2.45) is 0 Å². The number of anilines is 2. The van der Waals surface area contributed by atoms with Crippen molar-refractivity contribution in [2.45, 2.75) is 44.6 Å². The Morgan fingerprint density at radius 3 is 2.86 bits per heavy atom. The number of fused-ring (bicyclic) bond motifs is 1. The standard InChI is InChI=1S/C18H28N6O4/c1-12(25)21-6-4-2-3-5-14(26)24-7-8-27-11-18(10-24)9-13-15(19)22-17(20)23-16(13)28-18/h2-11H2,1H3,(H,21,25)(H4,19,20,22,23)/t18-/m1/s1. The summed E-state index contributed by atoms with van der Waals surface area (Å²) in [5, 5.41) is 2.76. The minimum atomic E-state index is -0.712. The van der Waals surface area contributed by atoms with E-state index in [2.05, 4.69) is 15.3 Å². The zero-order chi connectivity index (χ0) is 20.1. The van der Waals surface area contributed by atoms with Gasteiger partial charge >= 0.3 is 0 Å². The van der Waals surface area contributed by atoms with Gasteiger partial charge < -0.3 is 31.2 Å². The molecule has 3 rings (SSSR count). The first-order chi connectivity index (χ1) is 13.4. The van der Waals surface area contributed by atoms with E-state index in [9.17, 15) is 9.59 Å². The van der Waals surface area contributed by atoms with Crippen LogP contribution < -0.4 is 21.5 Å². The van der Waals surface area contributed by atoms with Gasteiger partial charge in [0, 0.05) is 32.9 Å². The van der Waals surface area contributed by atoms with Gasteiger partial charge in [0.05, 0.1) is 25.3 Å². The second-order valence-corrected chi connectivity index (χ2v) is 7.37. The summed E-state index contributed by atoms with van der Waals surface area (Å²) in [4.78, 5) is 33.5. The molecule has 28 heavy (non-hydrogen) atoms. The number of hydrogen-bond donors (Lipinski definition) is 3. The molecule has 10 heteroatoms. The second-order valence-electron chi connectivity index (χ2n) is 7.37. The van der Waals surface area contributed by atoms with Gasteiger partial charge in [-0.3, -0.25) is 9.59 Å². The molecule has 0 bridgehead atoms. The van der Waals surface area contributed by atoms with Gasteiger partial charge in [0.1, 0.15) is 5.82 Å². The van der Waals surface area contributed by atoms with Gasteiger partial charge in [-0.1, -0.05) is 6.42 Å². The van der Waals surface area contributed by atoms with Crippen molar-refractivity contribution in [3.05, 3.63) is 5.56 Å². The second kappa shape index (κ2) is 8.59. The first-order valence-corrected chi connectivity index (χ1v) is 9.59. The van der Waals surface area contributed by atoms with Crippen molar-refractivity contribution in [1.82, 2.24) is 20.2 Å². The number of nitrogens with zero attached hydrogens (tertiary/aromatic N) is 3. The van der Waals surface area contributed by atoms with Crippen molar-refractivity contribution in [3.63, 3.8) is 0 Å². The Bertz CT molecular complexity index is 743. The number of amides is 2. The highest BCUT2D eigenvalue weighted by atomic mass is 16.6. The van der Waals surface area contributed by atoms with Crippen LogP contribution in [0.1, 0.15) is 38.2 Å². The van der Waals surface area contributed by atoms with E-state index in [4.69, 9.17) is 20.9 Å². The summed E-state index contributed by atoms with van der Waals surface area (Å²) in [6, 6.07) is 0. The van der Waals surface area contributed by atoms with Crippen LogP contribution in [0.2, 0.25) is 0 Å². The fourth-order valence-electron chi connectivity index (χ4n) is 3.60. The SMILES string of the molecule is CC(=O)NCCCCCC(=O)N1CCOC[C@@]2(Cc3c(N)nc(N)nc3O2)C1. The largest absolute Gasteiger partial charge is 0.466 e. The molecule has 3 heterocycles. The molecule has 154 valence electrons. The van der Waals surface area contributed by atoms with Crippen LogP contribution in [0.5, 0.6) is 5.88 Å². The zero-order valence-corrected chi connectivity index (χ0v) is 16.2. The smallest absolute Gasteiger partial charge is 0.225 e. The number of rotatable bonds is 6. The quantitative estimate of drug-likeness (QED) is 0.568. The molecule has 1 aromatic rings. The molecule has 5 N–H and O–H groups in total. The Balaban J connectivity index is 1.55. The number of nitrogens with two attached hydrogens (primary N) is 2. The van der Waals surface area contributed by atoms with Gasteiger partial charge in [-0.05, 0) is 12.8 Å². The average molecular weight is 392 g/mol. The fraction of sp³-hybridized carbons (Fsp3) is 0.667. The lowest BCUT2D eigenvalue weighted by atomic mass is 9.97.